The Morgan fingerprint density at radius 2 is 2.18 bits per heavy atom. The molecule has 0 bridgehead atoms. The number of carbonyl (C=O) groups is 1. The summed E-state index contributed by atoms with van der Waals surface area (Å²) in [4.78, 5) is 15.0. The van der Waals surface area contributed by atoms with Gasteiger partial charge in [-0.15, -0.1) is 0 Å². The van der Waals surface area contributed by atoms with Crippen LogP contribution >= 0.6 is 11.6 Å². The van der Waals surface area contributed by atoms with E-state index in [1.165, 1.54) is 0 Å². The first-order chi connectivity index (χ1) is 8.06. The number of halogens is 1. The van der Waals surface area contributed by atoms with Gasteiger partial charge >= 0.3 is 0 Å². The Hall–Kier alpha value is -2.01. The van der Waals surface area contributed by atoms with Gasteiger partial charge in [0.05, 0.1) is 5.57 Å². The van der Waals surface area contributed by atoms with Crippen molar-refractivity contribution in [3.63, 3.8) is 0 Å². The second-order valence-electron chi connectivity index (χ2n) is 3.48. The Bertz CT molecular complexity index is 534. The molecule has 5 nitrogen and oxygen atoms in total. The molecule has 1 aromatic rings. The van der Waals surface area contributed by atoms with E-state index in [0.717, 1.165) is 5.56 Å². The highest BCUT2D eigenvalue weighted by Gasteiger charge is 2.17. The molecule has 0 aliphatic carbocycles. The number of fused-ring (bicyclic) bond motifs is 1. The van der Waals surface area contributed by atoms with E-state index in [-0.39, 0.29) is 12.6 Å². The zero-order valence-corrected chi connectivity index (χ0v) is 9.57. The van der Waals surface area contributed by atoms with Crippen molar-refractivity contribution in [3.05, 3.63) is 34.4 Å². The highest BCUT2D eigenvalue weighted by molar-refractivity contribution is 6.30. The lowest BCUT2D eigenvalue weighted by atomic mass is 10.1. The standard InChI is InChI=1S/C11H10ClN3O2/c12-8-1-2-9-6(4-8)3-7(5-17-9)10(16)15-11(13)14/h1-4H,5H2,(H4,13,14,15,16). The summed E-state index contributed by atoms with van der Waals surface area (Å²) in [6.07, 6.45) is 1.67. The van der Waals surface area contributed by atoms with E-state index in [1.807, 2.05) is 0 Å². The summed E-state index contributed by atoms with van der Waals surface area (Å²) >= 11 is 5.85. The first-order valence-corrected chi connectivity index (χ1v) is 5.21. The summed E-state index contributed by atoms with van der Waals surface area (Å²) < 4.78 is 5.40. The van der Waals surface area contributed by atoms with Crippen molar-refractivity contribution >= 4 is 29.5 Å². The van der Waals surface area contributed by atoms with Crippen molar-refractivity contribution in [3.8, 4) is 5.75 Å². The monoisotopic (exact) mass is 251 g/mol. The normalized spacial score (nSPS) is 13.1. The van der Waals surface area contributed by atoms with Crippen LogP contribution in [0.1, 0.15) is 5.56 Å². The van der Waals surface area contributed by atoms with E-state index < -0.39 is 5.91 Å². The van der Waals surface area contributed by atoms with Gasteiger partial charge in [0.2, 0.25) is 0 Å². The highest BCUT2D eigenvalue weighted by atomic mass is 35.5. The van der Waals surface area contributed by atoms with Crippen LogP contribution in [-0.2, 0) is 4.79 Å². The van der Waals surface area contributed by atoms with Crippen molar-refractivity contribution in [1.82, 2.24) is 0 Å². The van der Waals surface area contributed by atoms with Crippen LogP contribution in [0.4, 0.5) is 0 Å². The van der Waals surface area contributed by atoms with Crippen LogP contribution in [0.15, 0.2) is 28.8 Å². The van der Waals surface area contributed by atoms with E-state index in [4.69, 9.17) is 27.8 Å². The third-order valence-electron chi connectivity index (χ3n) is 2.19. The molecule has 88 valence electrons. The second kappa shape index (κ2) is 4.47. The molecular formula is C11H10ClN3O2. The molecule has 1 aromatic carbocycles. The number of amides is 1. The number of carbonyl (C=O) groups excluding carboxylic acids is 1. The fourth-order valence-corrected chi connectivity index (χ4v) is 1.64. The Kier molecular flexibility index (Phi) is 3.01. The summed E-state index contributed by atoms with van der Waals surface area (Å²) in [5.41, 5.74) is 11.4. The molecule has 0 saturated carbocycles. The van der Waals surface area contributed by atoms with E-state index in [9.17, 15) is 4.79 Å². The molecule has 0 spiro atoms. The smallest absolute Gasteiger partial charge is 0.279 e. The molecule has 1 amide bonds. The molecule has 1 heterocycles. The number of ether oxygens (including phenoxy) is 1. The lowest BCUT2D eigenvalue weighted by Gasteiger charge is -2.16. The van der Waals surface area contributed by atoms with Gasteiger partial charge < -0.3 is 16.2 Å². The average molecular weight is 252 g/mol. The summed E-state index contributed by atoms with van der Waals surface area (Å²) in [6.45, 7) is 0.143. The van der Waals surface area contributed by atoms with E-state index in [1.54, 1.807) is 24.3 Å². The van der Waals surface area contributed by atoms with Crippen LogP contribution in [0.2, 0.25) is 5.02 Å². The van der Waals surface area contributed by atoms with Crippen LogP contribution in [0.5, 0.6) is 5.75 Å². The number of aliphatic imine (C=N–C) groups is 1. The maximum Gasteiger partial charge on any atom is 0.279 e. The van der Waals surface area contributed by atoms with Gasteiger partial charge in [-0.05, 0) is 24.3 Å². The van der Waals surface area contributed by atoms with Crippen molar-refractivity contribution in [1.29, 1.82) is 0 Å². The molecule has 1 aliphatic heterocycles. The van der Waals surface area contributed by atoms with Gasteiger partial charge in [-0.25, -0.2) is 0 Å². The minimum Gasteiger partial charge on any atom is -0.488 e. The minimum absolute atomic E-state index is 0.143. The van der Waals surface area contributed by atoms with Gasteiger partial charge in [0.15, 0.2) is 5.96 Å². The van der Waals surface area contributed by atoms with Gasteiger partial charge in [0, 0.05) is 10.6 Å². The van der Waals surface area contributed by atoms with Crippen LogP contribution in [0.3, 0.4) is 0 Å². The maximum atomic E-state index is 11.6. The summed E-state index contributed by atoms with van der Waals surface area (Å²) in [5, 5.41) is 0.569. The van der Waals surface area contributed by atoms with Gasteiger partial charge in [-0.2, -0.15) is 4.99 Å². The Balaban J connectivity index is 2.35. The number of nitrogens with two attached hydrogens (primary N) is 2. The SMILES string of the molecule is NC(N)=NC(=O)C1=Cc2cc(Cl)ccc2OC1. The van der Waals surface area contributed by atoms with E-state index >= 15 is 0 Å². The first-order valence-electron chi connectivity index (χ1n) is 4.83. The molecule has 0 saturated heterocycles. The third kappa shape index (κ3) is 2.57. The maximum absolute atomic E-state index is 11.6. The van der Waals surface area contributed by atoms with Gasteiger partial charge in [0.1, 0.15) is 12.4 Å². The van der Waals surface area contributed by atoms with Crippen molar-refractivity contribution in [2.45, 2.75) is 0 Å². The molecule has 6 heteroatoms. The number of nitrogens with zero attached hydrogens (tertiary/aromatic N) is 1. The molecule has 17 heavy (non-hydrogen) atoms. The largest absolute Gasteiger partial charge is 0.488 e. The van der Waals surface area contributed by atoms with E-state index in [2.05, 4.69) is 4.99 Å². The number of guanidine groups is 1. The highest BCUT2D eigenvalue weighted by Crippen LogP contribution is 2.29. The van der Waals surface area contributed by atoms with Crippen LogP contribution < -0.4 is 16.2 Å². The molecule has 0 unspecified atom stereocenters. The fourth-order valence-electron chi connectivity index (χ4n) is 1.46. The second-order valence-corrected chi connectivity index (χ2v) is 3.92. The predicted octanol–water partition coefficient (Wildman–Crippen LogP) is 0.916. The predicted molar refractivity (Wildman–Crippen MR) is 65.7 cm³/mol. The quantitative estimate of drug-likeness (QED) is 0.573. The Labute approximate surface area is 103 Å². The van der Waals surface area contributed by atoms with Crippen LogP contribution in [0.25, 0.3) is 6.08 Å². The zero-order chi connectivity index (χ0) is 12.4. The lowest BCUT2D eigenvalue weighted by Crippen LogP contribution is -2.25. The topological polar surface area (TPSA) is 90.7 Å². The zero-order valence-electron chi connectivity index (χ0n) is 8.81. The van der Waals surface area contributed by atoms with Gasteiger partial charge in [-0.3, -0.25) is 4.79 Å². The van der Waals surface area contributed by atoms with Crippen molar-refractivity contribution in [2.24, 2.45) is 16.5 Å². The minimum atomic E-state index is -0.504. The first kappa shape index (κ1) is 11.5. The molecule has 0 fully saturated rings. The van der Waals surface area contributed by atoms with Crippen LogP contribution in [-0.4, -0.2) is 18.5 Å². The van der Waals surface area contributed by atoms with Crippen molar-refractivity contribution < 1.29 is 9.53 Å². The number of rotatable bonds is 1. The summed E-state index contributed by atoms with van der Waals surface area (Å²) in [5.74, 6) is -0.0981. The molecule has 1 aliphatic rings. The molecule has 0 atom stereocenters. The number of benzene rings is 1. The number of hydrogen-bond acceptors (Lipinski definition) is 2. The lowest BCUT2D eigenvalue weighted by molar-refractivity contribution is -0.114. The Morgan fingerprint density at radius 3 is 2.88 bits per heavy atom. The molecule has 2 rings (SSSR count). The van der Waals surface area contributed by atoms with Gasteiger partial charge in [0.25, 0.3) is 5.91 Å². The Morgan fingerprint density at radius 1 is 1.41 bits per heavy atom. The summed E-state index contributed by atoms with van der Waals surface area (Å²) in [7, 11) is 0. The molecular weight excluding hydrogens is 242 g/mol. The molecule has 4 N–H and O–H groups in total. The van der Waals surface area contributed by atoms with Crippen molar-refractivity contribution in [2.75, 3.05) is 6.61 Å². The third-order valence-corrected chi connectivity index (χ3v) is 2.43. The van der Waals surface area contributed by atoms with Crippen LogP contribution in [0, 0.1) is 0 Å². The average Bonchev–Trinajstić information content (AvgIpc) is 2.27. The van der Waals surface area contributed by atoms with E-state index in [0.29, 0.717) is 16.3 Å². The molecule has 0 aromatic heterocycles. The fraction of sp³-hybridized carbons (Fsp3) is 0.0909. The van der Waals surface area contributed by atoms with Gasteiger partial charge in [-0.1, -0.05) is 11.6 Å². The molecule has 0 radical (unpaired) electrons. The number of hydrogen-bond donors (Lipinski definition) is 2. The summed E-state index contributed by atoms with van der Waals surface area (Å²) in [6, 6.07) is 5.17.